The summed E-state index contributed by atoms with van der Waals surface area (Å²) in [4.78, 5) is 22.8. The standard InChI is InChI=1S/C22H24N8/c1-16-3-5-21-25-14-19(30(21)15-16)18-7-8-23-22(27-18)26-17-4-6-20(24-13-17)29-11-9-28(2)10-12-29/h3-8,13-15H,9-12H2,1-2H3,(H,23,26,27). The number of hydrogen-bond donors (Lipinski definition) is 1. The van der Waals surface area contributed by atoms with Crippen molar-refractivity contribution in [2.24, 2.45) is 0 Å². The Kier molecular flexibility index (Phi) is 4.76. The molecule has 0 spiro atoms. The number of fused-ring (bicyclic) bond motifs is 1. The molecule has 4 aromatic heterocycles. The Morgan fingerprint density at radius 3 is 2.57 bits per heavy atom. The second kappa shape index (κ2) is 7.72. The van der Waals surface area contributed by atoms with E-state index in [0.717, 1.165) is 54.7 Å². The Hall–Kier alpha value is -3.52. The number of anilines is 3. The van der Waals surface area contributed by atoms with E-state index >= 15 is 0 Å². The summed E-state index contributed by atoms with van der Waals surface area (Å²) < 4.78 is 2.05. The van der Waals surface area contributed by atoms with Gasteiger partial charge in [-0.25, -0.2) is 19.9 Å². The smallest absolute Gasteiger partial charge is 0.227 e. The number of imidazole rings is 1. The highest BCUT2D eigenvalue weighted by Crippen LogP contribution is 2.22. The molecule has 0 bridgehead atoms. The van der Waals surface area contributed by atoms with Crippen molar-refractivity contribution >= 4 is 23.1 Å². The van der Waals surface area contributed by atoms with Crippen LogP contribution in [0.15, 0.2) is 55.1 Å². The lowest BCUT2D eigenvalue weighted by molar-refractivity contribution is 0.312. The van der Waals surface area contributed by atoms with Crippen LogP contribution in [0, 0.1) is 6.92 Å². The highest BCUT2D eigenvalue weighted by Gasteiger charge is 2.15. The van der Waals surface area contributed by atoms with E-state index in [9.17, 15) is 0 Å². The van der Waals surface area contributed by atoms with E-state index in [0.29, 0.717) is 5.95 Å². The molecule has 8 heteroatoms. The molecule has 5 heterocycles. The van der Waals surface area contributed by atoms with Crippen LogP contribution in [0.2, 0.25) is 0 Å². The van der Waals surface area contributed by atoms with Crippen molar-refractivity contribution < 1.29 is 0 Å². The van der Waals surface area contributed by atoms with Crippen LogP contribution in [0.5, 0.6) is 0 Å². The van der Waals surface area contributed by atoms with Gasteiger partial charge in [0.05, 0.1) is 29.5 Å². The minimum Gasteiger partial charge on any atom is -0.354 e. The van der Waals surface area contributed by atoms with Gasteiger partial charge < -0.3 is 15.1 Å². The summed E-state index contributed by atoms with van der Waals surface area (Å²) in [5, 5.41) is 3.26. The fourth-order valence-electron chi connectivity index (χ4n) is 3.65. The van der Waals surface area contributed by atoms with E-state index in [2.05, 4.69) is 61.3 Å². The van der Waals surface area contributed by atoms with Crippen LogP contribution < -0.4 is 10.2 Å². The number of nitrogens with one attached hydrogen (secondary N) is 1. The average Bonchev–Trinajstić information content (AvgIpc) is 3.18. The van der Waals surface area contributed by atoms with Gasteiger partial charge in [0.25, 0.3) is 0 Å². The molecule has 0 unspecified atom stereocenters. The summed E-state index contributed by atoms with van der Waals surface area (Å²) in [6.07, 6.45) is 7.49. The quantitative estimate of drug-likeness (QED) is 0.564. The van der Waals surface area contributed by atoms with Crippen LogP contribution in [0.25, 0.3) is 17.0 Å². The summed E-state index contributed by atoms with van der Waals surface area (Å²) in [5.74, 6) is 1.54. The van der Waals surface area contributed by atoms with Crippen molar-refractivity contribution in [2.45, 2.75) is 6.92 Å². The van der Waals surface area contributed by atoms with E-state index in [1.807, 2.05) is 41.1 Å². The summed E-state index contributed by atoms with van der Waals surface area (Å²) in [7, 11) is 2.15. The maximum atomic E-state index is 4.68. The third kappa shape index (κ3) is 3.69. The Morgan fingerprint density at radius 1 is 0.900 bits per heavy atom. The van der Waals surface area contributed by atoms with Gasteiger partial charge in [0, 0.05) is 38.6 Å². The summed E-state index contributed by atoms with van der Waals surface area (Å²) in [5.41, 5.74) is 4.67. The monoisotopic (exact) mass is 400 g/mol. The van der Waals surface area contributed by atoms with Crippen molar-refractivity contribution in [3.05, 3.63) is 60.7 Å². The Bertz CT molecular complexity index is 1160. The number of nitrogens with zero attached hydrogens (tertiary/aromatic N) is 7. The molecule has 0 saturated carbocycles. The molecule has 0 aliphatic carbocycles. The van der Waals surface area contributed by atoms with E-state index in [1.165, 1.54) is 5.56 Å². The predicted molar refractivity (Wildman–Crippen MR) is 118 cm³/mol. The Labute approximate surface area is 175 Å². The van der Waals surface area contributed by atoms with E-state index in [1.54, 1.807) is 6.20 Å². The molecular weight excluding hydrogens is 376 g/mol. The first-order chi connectivity index (χ1) is 14.7. The molecular formula is C22H24N8. The third-order valence-electron chi connectivity index (χ3n) is 5.40. The molecule has 5 rings (SSSR count). The minimum absolute atomic E-state index is 0.532. The number of likely N-dealkylation sites (N-methyl/N-ethyl adjacent to an activating group) is 1. The van der Waals surface area contributed by atoms with E-state index < -0.39 is 0 Å². The van der Waals surface area contributed by atoms with Gasteiger partial charge in [0.1, 0.15) is 11.5 Å². The van der Waals surface area contributed by atoms with Crippen molar-refractivity contribution in [1.29, 1.82) is 0 Å². The Balaban J connectivity index is 1.35. The average molecular weight is 400 g/mol. The molecule has 0 radical (unpaired) electrons. The minimum atomic E-state index is 0.532. The first-order valence-electron chi connectivity index (χ1n) is 10.1. The fraction of sp³-hybridized carbons (Fsp3) is 0.273. The summed E-state index contributed by atoms with van der Waals surface area (Å²) >= 11 is 0. The lowest BCUT2D eigenvalue weighted by Gasteiger charge is -2.33. The lowest BCUT2D eigenvalue weighted by Crippen LogP contribution is -2.44. The zero-order valence-corrected chi connectivity index (χ0v) is 17.2. The molecule has 1 saturated heterocycles. The third-order valence-corrected chi connectivity index (χ3v) is 5.40. The molecule has 152 valence electrons. The van der Waals surface area contributed by atoms with Crippen LogP contribution in [0.1, 0.15) is 5.56 Å². The topological polar surface area (TPSA) is 74.5 Å². The number of hydrogen-bond acceptors (Lipinski definition) is 7. The van der Waals surface area contributed by atoms with E-state index in [4.69, 9.17) is 0 Å². The van der Waals surface area contributed by atoms with Gasteiger partial charge in [-0.2, -0.15) is 0 Å². The molecule has 1 aliphatic rings. The van der Waals surface area contributed by atoms with Gasteiger partial charge in [-0.05, 0) is 43.8 Å². The van der Waals surface area contributed by atoms with Gasteiger partial charge in [-0.15, -0.1) is 0 Å². The van der Waals surface area contributed by atoms with Crippen LogP contribution in [0.3, 0.4) is 0 Å². The molecule has 1 fully saturated rings. The molecule has 0 amide bonds. The molecule has 1 N–H and O–H groups in total. The summed E-state index contributed by atoms with van der Waals surface area (Å²) in [6.45, 7) is 6.19. The van der Waals surface area contributed by atoms with Gasteiger partial charge in [-0.1, -0.05) is 6.07 Å². The normalized spacial score (nSPS) is 14.9. The molecule has 0 atom stereocenters. The first kappa shape index (κ1) is 18.5. The summed E-state index contributed by atoms with van der Waals surface area (Å²) in [6, 6.07) is 10.0. The highest BCUT2D eigenvalue weighted by molar-refractivity contribution is 5.63. The SMILES string of the molecule is Cc1ccc2ncc(-c3ccnc(Nc4ccc(N5CCN(C)CC5)nc4)n3)n2c1. The highest BCUT2D eigenvalue weighted by atomic mass is 15.3. The lowest BCUT2D eigenvalue weighted by atomic mass is 10.3. The Morgan fingerprint density at radius 2 is 1.77 bits per heavy atom. The van der Waals surface area contributed by atoms with Gasteiger partial charge in [0.15, 0.2) is 0 Å². The van der Waals surface area contributed by atoms with Gasteiger partial charge >= 0.3 is 0 Å². The second-order valence-corrected chi connectivity index (χ2v) is 7.66. The van der Waals surface area contributed by atoms with Crippen LogP contribution in [-0.2, 0) is 0 Å². The molecule has 8 nitrogen and oxygen atoms in total. The van der Waals surface area contributed by atoms with Crippen molar-refractivity contribution in [1.82, 2.24) is 29.2 Å². The number of aromatic nitrogens is 5. The largest absolute Gasteiger partial charge is 0.354 e. The van der Waals surface area contributed by atoms with Crippen LogP contribution >= 0.6 is 0 Å². The van der Waals surface area contributed by atoms with Crippen LogP contribution in [-0.4, -0.2) is 62.5 Å². The molecule has 30 heavy (non-hydrogen) atoms. The van der Waals surface area contributed by atoms with Gasteiger partial charge in [0.2, 0.25) is 5.95 Å². The van der Waals surface area contributed by atoms with Crippen molar-refractivity contribution in [3.8, 4) is 11.4 Å². The zero-order valence-electron chi connectivity index (χ0n) is 17.2. The van der Waals surface area contributed by atoms with Gasteiger partial charge in [-0.3, -0.25) is 4.40 Å². The number of aryl methyl sites for hydroxylation is 1. The second-order valence-electron chi connectivity index (χ2n) is 7.66. The predicted octanol–water partition coefficient (Wildman–Crippen LogP) is 2.99. The molecule has 4 aromatic rings. The first-order valence-corrected chi connectivity index (χ1v) is 10.1. The number of pyridine rings is 2. The molecule has 0 aromatic carbocycles. The van der Waals surface area contributed by atoms with E-state index in [-0.39, 0.29) is 0 Å². The maximum absolute atomic E-state index is 4.68. The zero-order chi connectivity index (χ0) is 20.5. The van der Waals surface area contributed by atoms with Crippen molar-refractivity contribution in [2.75, 3.05) is 43.4 Å². The maximum Gasteiger partial charge on any atom is 0.227 e. The molecule has 1 aliphatic heterocycles. The number of piperazine rings is 1. The van der Waals surface area contributed by atoms with Crippen LogP contribution in [0.4, 0.5) is 17.5 Å². The fourth-order valence-corrected chi connectivity index (χ4v) is 3.65. The van der Waals surface area contributed by atoms with Crippen molar-refractivity contribution in [3.63, 3.8) is 0 Å². The number of rotatable bonds is 4.